The fraction of sp³-hybridized carbons (Fsp3) is 0.412. The van der Waals surface area contributed by atoms with Gasteiger partial charge in [0.25, 0.3) is 0 Å². The average molecular weight is 362 g/mol. The van der Waals surface area contributed by atoms with E-state index in [1.54, 1.807) is 18.2 Å². The minimum atomic E-state index is -3.60. The number of hydrogen-bond acceptors (Lipinski definition) is 5. The van der Waals surface area contributed by atoms with Crippen molar-refractivity contribution in [2.75, 3.05) is 31.1 Å². The molecule has 134 valence electrons. The maximum absolute atomic E-state index is 12.9. The van der Waals surface area contributed by atoms with Gasteiger partial charge in [0, 0.05) is 31.7 Å². The van der Waals surface area contributed by atoms with Crippen LogP contribution in [0.15, 0.2) is 29.2 Å². The van der Waals surface area contributed by atoms with Crippen molar-refractivity contribution in [1.29, 1.82) is 0 Å². The molecule has 0 saturated carbocycles. The predicted octanol–water partition coefficient (Wildman–Crippen LogP) is 1.74. The Hall–Kier alpha value is -2.19. The van der Waals surface area contributed by atoms with Crippen molar-refractivity contribution in [3.63, 3.8) is 0 Å². The minimum Gasteiger partial charge on any atom is -0.366 e. The number of carbonyl (C=O) groups is 1. The minimum absolute atomic E-state index is 0.146. The van der Waals surface area contributed by atoms with Gasteiger partial charge in [0.1, 0.15) is 0 Å². The smallest absolute Gasteiger partial charge is 0.243 e. The highest BCUT2D eigenvalue weighted by molar-refractivity contribution is 7.89. The molecule has 1 fully saturated rings. The number of benzene rings is 1. The second kappa shape index (κ2) is 6.61. The number of rotatable bonds is 4. The molecule has 0 atom stereocenters. The fourth-order valence-electron chi connectivity index (χ4n) is 3.19. The summed E-state index contributed by atoms with van der Waals surface area (Å²) in [6.45, 7) is 7.34. The summed E-state index contributed by atoms with van der Waals surface area (Å²) in [5.41, 5.74) is 3.37. The van der Waals surface area contributed by atoms with Crippen LogP contribution in [0.4, 0.5) is 5.69 Å². The highest BCUT2D eigenvalue weighted by Gasteiger charge is 2.30. The molecule has 25 heavy (non-hydrogen) atoms. The molecule has 2 aromatic rings. The van der Waals surface area contributed by atoms with E-state index in [0.29, 0.717) is 31.7 Å². The molecule has 8 heteroatoms. The summed E-state index contributed by atoms with van der Waals surface area (Å²) in [7, 11) is -3.60. The first-order valence-electron chi connectivity index (χ1n) is 8.18. The number of aryl methyl sites for hydroxylation is 2. The summed E-state index contributed by atoms with van der Waals surface area (Å²) in [5, 5.41) is 7.17. The number of ketones is 1. The Morgan fingerprint density at radius 3 is 2.40 bits per heavy atom. The number of Topliss-reactive ketones (excluding diaryl/α,β-unsaturated/α-hetero) is 1. The van der Waals surface area contributed by atoms with Crippen molar-refractivity contribution < 1.29 is 13.2 Å². The molecule has 0 unspecified atom stereocenters. The van der Waals surface area contributed by atoms with E-state index in [1.165, 1.54) is 17.3 Å². The Labute approximate surface area is 147 Å². The Kier molecular flexibility index (Phi) is 4.66. The molecular weight excluding hydrogens is 340 g/mol. The molecule has 0 bridgehead atoms. The number of nitrogens with zero attached hydrogens (tertiary/aromatic N) is 3. The van der Waals surface area contributed by atoms with E-state index in [4.69, 9.17) is 0 Å². The van der Waals surface area contributed by atoms with E-state index < -0.39 is 10.0 Å². The van der Waals surface area contributed by atoms with Crippen molar-refractivity contribution in [2.45, 2.75) is 25.7 Å². The van der Waals surface area contributed by atoms with Crippen LogP contribution in [-0.2, 0) is 10.0 Å². The second-order valence-electron chi connectivity index (χ2n) is 6.26. The predicted molar refractivity (Wildman–Crippen MR) is 95.5 cm³/mol. The van der Waals surface area contributed by atoms with Crippen molar-refractivity contribution in [3.8, 4) is 0 Å². The number of anilines is 1. The molecule has 1 N–H and O–H groups in total. The standard InChI is InChI=1S/C17H22N4O3S/c1-12-17(13(2)19-18-12)20-7-9-21(10-8-20)25(23,24)16-6-4-5-15(11-16)14(3)22/h4-6,11H,7-10H2,1-3H3,(H,18,19). The van der Waals surface area contributed by atoms with Crippen LogP contribution in [0.3, 0.4) is 0 Å². The van der Waals surface area contributed by atoms with Crippen LogP contribution in [0.25, 0.3) is 0 Å². The van der Waals surface area contributed by atoms with E-state index in [1.807, 2.05) is 13.8 Å². The number of aromatic amines is 1. The van der Waals surface area contributed by atoms with Crippen molar-refractivity contribution in [2.24, 2.45) is 0 Å². The maximum Gasteiger partial charge on any atom is 0.243 e. The summed E-state index contributed by atoms with van der Waals surface area (Å²) in [6, 6.07) is 6.23. The summed E-state index contributed by atoms with van der Waals surface area (Å²) in [4.78, 5) is 13.8. The first kappa shape index (κ1) is 17.6. The summed E-state index contributed by atoms with van der Waals surface area (Å²) < 4.78 is 27.2. The van der Waals surface area contributed by atoms with Gasteiger partial charge < -0.3 is 4.90 Å². The molecule has 0 spiro atoms. The molecular formula is C17H22N4O3S. The molecule has 0 radical (unpaired) electrons. The Morgan fingerprint density at radius 2 is 1.84 bits per heavy atom. The number of carbonyl (C=O) groups excluding carboxylic acids is 1. The van der Waals surface area contributed by atoms with Gasteiger partial charge in [-0.2, -0.15) is 9.40 Å². The first-order chi connectivity index (χ1) is 11.8. The molecule has 1 aromatic carbocycles. The Bertz CT molecular complexity index is 877. The van der Waals surface area contributed by atoms with Gasteiger partial charge in [-0.25, -0.2) is 8.42 Å². The van der Waals surface area contributed by atoms with Crippen LogP contribution in [0.5, 0.6) is 0 Å². The zero-order valence-electron chi connectivity index (χ0n) is 14.6. The van der Waals surface area contributed by atoms with Gasteiger partial charge in [-0.05, 0) is 32.9 Å². The van der Waals surface area contributed by atoms with Crippen molar-refractivity contribution in [3.05, 3.63) is 41.2 Å². The SMILES string of the molecule is CC(=O)c1cccc(S(=O)(=O)N2CCN(c3c(C)n[nH]c3C)CC2)c1. The van der Waals surface area contributed by atoms with Gasteiger partial charge in [-0.3, -0.25) is 9.89 Å². The number of hydrogen-bond donors (Lipinski definition) is 1. The van der Waals surface area contributed by atoms with E-state index in [2.05, 4.69) is 15.1 Å². The highest BCUT2D eigenvalue weighted by Crippen LogP contribution is 2.25. The lowest BCUT2D eigenvalue weighted by Gasteiger charge is -2.35. The molecule has 1 aliphatic rings. The van der Waals surface area contributed by atoms with Crippen LogP contribution >= 0.6 is 0 Å². The summed E-state index contributed by atoms with van der Waals surface area (Å²) in [5.74, 6) is -0.146. The Balaban J connectivity index is 1.78. The van der Waals surface area contributed by atoms with Crippen LogP contribution in [0.2, 0.25) is 0 Å². The molecule has 3 rings (SSSR count). The third-order valence-corrected chi connectivity index (χ3v) is 6.42. The van der Waals surface area contributed by atoms with Crippen molar-refractivity contribution in [1.82, 2.24) is 14.5 Å². The van der Waals surface area contributed by atoms with Gasteiger partial charge in [0.05, 0.1) is 22.0 Å². The molecule has 2 heterocycles. The third kappa shape index (κ3) is 3.32. The van der Waals surface area contributed by atoms with E-state index >= 15 is 0 Å². The molecule has 1 aliphatic heterocycles. The molecule has 0 amide bonds. The largest absolute Gasteiger partial charge is 0.366 e. The van der Waals surface area contributed by atoms with E-state index in [9.17, 15) is 13.2 Å². The number of aromatic nitrogens is 2. The van der Waals surface area contributed by atoms with Gasteiger partial charge in [-0.15, -0.1) is 0 Å². The quantitative estimate of drug-likeness (QED) is 0.837. The van der Waals surface area contributed by atoms with E-state index in [0.717, 1.165) is 17.1 Å². The maximum atomic E-state index is 12.9. The number of nitrogens with one attached hydrogen (secondary N) is 1. The molecule has 7 nitrogen and oxygen atoms in total. The monoisotopic (exact) mass is 362 g/mol. The number of piperazine rings is 1. The number of H-pyrrole nitrogens is 1. The average Bonchev–Trinajstić information content (AvgIpc) is 2.93. The van der Waals surface area contributed by atoms with Crippen LogP contribution in [0.1, 0.15) is 28.7 Å². The van der Waals surface area contributed by atoms with Crippen LogP contribution in [0, 0.1) is 13.8 Å². The normalized spacial score (nSPS) is 16.2. The Morgan fingerprint density at radius 1 is 1.16 bits per heavy atom. The van der Waals surface area contributed by atoms with Gasteiger partial charge in [0.15, 0.2) is 5.78 Å². The van der Waals surface area contributed by atoms with Crippen LogP contribution < -0.4 is 4.90 Å². The highest BCUT2D eigenvalue weighted by atomic mass is 32.2. The van der Waals surface area contributed by atoms with E-state index in [-0.39, 0.29) is 10.7 Å². The molecule has 1 aromatic heterocycles. The topological polar surface area (TPSA) is 86.4 Å². The fourth-order valence-corrected chi connectivity index (χ4v) is 4.66. The zero-order chi connectivity index (χ0) is 18.2. The molecule has 1 saturated heterocycles. The van der Waals surface area contributed by atoms with Gasteiger partial charge >= 0.3 is 0 Å². The first-order valence-corrected chi connectivity index (χ1v) is 9.62. The third-order valence-electron chi connectivity index (χ3n) is 4.52. The lowest BCUT2D eigenvalue weighted by Crippen LogP contribution is -2.49. The zero-order valence-corrected chi connectivity index (χ0v) is 15.4. The summed E-state index contributed by atoms with van der Waals surface area (Å²) >= 11 is 0. The van der Waals surface area contributed by atoms with Gasteiger partial charge in [0.2, 0.25) is 10.0 Å². The lowest BCUT2D eigenvalue weighted by molar-refractivity contribution is 0.101. The van der Waals surface area contributed by atoms with Crippen molar-refractivity contribution >= 4 is 21.5 Å². The molecule has 0 aliphatic carbocycles. The van der Waals surface area contributed by atoms with Gasteiger partial charge in [-0.1, -0.05) is 12.1 Å². The number of sulfonamides is 1. The lowest BCUT2D eigenvalue weighted by atomic mass is 10.2. The second-order valence-corrected chi connectivity index (χ2v) is 8.20. The summed E-state index contributed by atoms with van der Waals surface area (Å²) in [6.07, 6.45) is 0. The van der Waals surface area contributed by atoms with Crippen LogP contribution in [-0.4, -0.2) is 54.9 Å².